The van der Waals surface area contributed by atoms with Gasteiger partial charge in [0.15, 0.2) is 17.5 Å². The van der Waals surface area contributed by atoms with Crippen LogP contribution in [0.1, 0.15) is 0 Å². The smallest absolute Gasteiger partial charge is 0.165 e. The van der Waals surface area contributed by atoms with Crippen molar-refractivity contribution in [3.05, 3.63) is 176 Å². The summed E-state index contributed by atoms with van der Waals surface area (Å²) in [5.74, 6) is 1.86. The number of aromatic nitrogens is 3. The van der Waals surface area contributed by atoms with Crippen LogP contribution in [0.25, 0.3) is 110 Å². The van der Waals surface area contributed by atoms with Gasteiger partial charge in [0, 0.05) is 27.5 Å². The van der Waals surface area contributed by atoms with Gasteiger partial charge in [-0.05, 0) is 84.5 Å². The van der Waals surface area contributed by atoms with E-state index in [1.165, 1.54) is 32.3 Å². The second-order valence-corrected chi connectivity index (χ2v) is 13.6. The van der Waals surface area contributed by atoms with E-state index in [9.17, 15) is 0 Å². The fraction of sp³-hybridized carbons (Fsp3) is 0. The summed E-state index contributed by atoms with van der Waals surface area (Å²) >= 11 is 0. The molecule has 0 aliphatic heterocycles. The summed E-state index contributed by atoms with van der Waals surface area (Å²) in [7, 11) is 0. The molecule has 9 aromatic carbocycles. The van der Waals surface area contributed by atoms with Crippen LogP contribution in [0.15, 0.2) is 180 Å². The highest BCUT2D eigenvalue weighted by molar-refractivity contribution is 6.18. The molecule has 0 spiro atoms. The van der Waals surface area contributed by atoms with Crippen molar-refractivity contribution in [3.63, 3.8) is 0 Å². The summed E-state index contributed by atoms with van der Waals surface area (Å²) < 4.78 is 6.16. The van der Waals surface area contributed by atoms with Crippen LogP contribution >= 0.6 is 0 Å². The minimum Gasteiger partial charge on any atom is -0.456 e. The van der Waals surface area contributed by atoms with Crippen molar-refractivity contribution in [2.45, 2.75) is 0 Å². The van der Waals surface area contributed by atoms with E-state index in [4.69, 9.17) is 19.4 Å². The lowest BCUT2D eigenvalue weighted by molar-refractivity contribution is 0.669. The normalized spacial score (nSPS) is 11.8. The molecule has 4 heteroatoms. The number of fused-ring (bicyclic) bond motifs is 9. The van der Waals surface area contributed by atoms with Gasteiger partial charge in [-0.15, -0.1) is 0 Å². The van der Waals surface area contributed by atoms with Gasteiger partial charge < -0.3 is 4.42 Å². The third-order valence-electron chi connectivity index (χ3n) is 10.5. The van der Waals surface area contributed by atoms with E-state index in [0.29, 0.717) is 17.5 Å². The standard InChI is InChI=1S/C49H29N3O/c1-2-12-32(13-3-1)47-50-48(35-22-27-45-43(29-35)42-16-8-9-17-44(42)53-45)52-49(51-47)46-38-15-7-5-11-31(38)18-24-39(46)34-20-23-37-33(28-34)21-26-40-36-14-6-4-10-30(36)19-25-41(37)40/h1-29H. The quantitative estimate of drug-likeness (QED) is 0.174. The van der Waals surface area contributed by atoms with Crippen molar-refractivity contribution in [3.8, 4) is 45.3 Å². The number of rotatable bonds is 4. The van der Waals surface area contributed by atoms with E-state index in [2.05, 4.69) is 127 Å². The second-order valence-electron chi connectivity index (χ2n) is 13.6. The molecular weight excluding hydrogens is 647 g/mol. The number of nitrogens with zero attached hydrogens (tertiary/aromatic N) is 3. The molecule has 0 atom stereocenters. The van der Waals surface area contributed by atoms with E-state index in [1.54, 1.807) is 0 Å². The van der Waals surface area contributed by atoms with E-state index in [-0.39, 0.29) is 0 Å². The first-order valence-corrected chi connectivity index (χ1v) is 17.9. The largest absolute Gasteiger partial charge is 0.456 e. The van der Waals surface area contributed by atoms with Crippen LogP contribution < -0.4 is 0 Å². The monoisotopic (exact) mass is 675 g/mol. The van der Waals surface area contributed by atoms with Crippen molar-refractivity contribution in [2.75, 3.05) is 0 Å². The molecule has 0 radical (unpaired) electrons. The minimum atomic E-state index is 0.608. The first kappa shape index (κ1) is 29.5. The molecule has 11 rings (SSSR count). The van der Waals surface area contributed by atoms with E-state index < -0.39 is 0 Å². The molecule has 0 fully saturated rings. The Hall–Kier alpha value is -7.17. The molecule has 0 N–H and O–H groups in total. The second kappa shape index (κ2) is 11.7. The Labute approximate surface area is 304 Å². The highest BCUT2D eigenvalue weighted by Gasteiger charge is 2.20. The van der Waals surface area contributed by atoms with Gasteiger partial charge in [0.1, 0.15) is 11.2 Å². The van der Waals surface area contributed by atoms with Gasteiger partial charge in [-0.3, -0.25) is 0 Å². The molecule has 0 amide bonds. The Balaban J connectivity index is 1.15. The molecule has 0 aliphatic rings. The maximum Gasteiger partial charge on any atom is 0.165 e. The lowest BCUT2D eigenvalue weighted by Gasteiger charge is -2.16. The molecule has 246 valence electrons. The number of furan rings is 1. The lowest BCUT2D eigenvalue weighted by Crippen LogP contribution is -2.01. The third-order valence-corrected chi connectivity index (χ3v) is 10.5. The Morgan fingerprint density at radius 2 is 0.868 bits per heavy atom. The summed E-state index contributed by atoms with van der Waals surface area (Å²) in [6, 6.07) is 61.8. The zero-order valence-corrected chi connectivity index (χ0v) is 28.5. The molecular formula is C49H29N3O. The number of benzene rings is 9. The maximum absolute atomic E-state index is 6.16. The van der Waals surface area contributed by atoms with Gasteiger partial charge in [-0.1, -0.05) is 146 Å². The van der Waals surface area contributed by atoms with Gasteiger partial charge >= 0.3 is 0 Å². The molecule has 0 saturated heterocycles. The van der Waals surface area contributed by atoms with Crippen molar-refractivity contribution >= 4 is 65.0 Å². The molecule has 2 aromatic heterocycles. The van der Waals surface area contributed by atoms with Crippen molar-refractivity contribution in [2.24, 2.45) is 0 Å². The van der Waals surface area contributed by atoms with E-state index >= 15 is 0 Å². The topological polar surface area (TPSA) is 51.8 Å². The first-order valence-electron chi connectivity index (χ1n) is 17.9. The summed E-state index contributed by atoms with van der Waals surface area (Å²) in [6.45, 7) is 0. The third kappa shape index (κ3) is 4.80. The summed E-state index contributed by atoms with van der Waals surface area (Å²) in [4.78, 5) is 15.6. The Morgan fingerprint density at radius 3 is 1.70 bits per heavy atom. The van der Waals surface area contributed by atoms with Crippen LogP contribution in [0.3, 0.4) is 0 Å². The molecule has 4 nitrogen and oxygen atoms in total. The average Bonchev–Trinajstić information content (AvgIpc) is 3.61. The van der Waals surface area contributed by atoms with Gasteiger partial charge in [0.05, 0.1) is 0 Å². The summed E-state index contributed by atoms with van der Waals surface area (Å²) in [5.41, 5.74) is 6.67. The number of para-hydroxylation sites is 1. The summed E-state index contributed by atoms with van der Waals surface area (Å²) in [5, 5.41) is 11.8. The predicted molar refractivity (Wildman–Crippen MR) is 219 cm³/mol. The number of hydrogen-bond acceptors (Lipinski definition) is 4. The molecule has 53 heavy (non-hydrogen) atoms. The zero-order valence-electron chi connectivity index (χ0n) is 28.5. The molecule has 2 heterocycles. The van der Waals surface area contributed by atoms with Crippen LogP contribution in [-0.4, -0.2) is 15.0 Å². The van der Waals surface area contributed by atoms with Crippen molar-refractivity contribution in [1.29, 1.82) is 0 Å². The SMILES string of the molecule is c1ccc(-c2nc(-c3ccc4oc5ccccc5c4c3)nc(-c3c(-c4ccc5c(ccc6c7ccccc7ccc56)c4)ccc4ccccc34)n2)cc1. The zero-order chi connectivity index (χ0) is 34.9. The van der Waals surface area contributed by atoms with Crippen LogP contribution in [-0.2, 0) is 0 Å². The highest BCUT2D eigenvalue weighted by atomic mass is 16.3. The predicted octanol–water partition coefficient (Wildman–Crippen LogP) is 13.1. The molecule has 11 aromatic rings. The molecule has 0 unspecified atom stereocenters. The van der Waals surface area contributed by atoms with Crippen LogP contribution in [0, 0.1) is 0 Å². The Morgan fingerprint density at radius 1 is 0.302 bits per heavy atom. The molecule has 0 saturated carbocycles. The van der Waals surface area contributed by atoms with Crippen molar-refractivity contribution in [1.82, 2.24) is 15.0 Å². The van der Waals surface area contributed by atoms with Crippen LogP contribution in [0.5, 0.6) is 0 Å². The van der Waals surface area contributed by atoms with Gasteiger partial charge in [-0.25, -0.2) is 15.0 Å². The van der Waals surface area contributed by atoms with E-state index in [1.807, 2.05) is 48.5 Å². The minimum absolute atomic E-state index is 0.608. The first-order chi connectivity index (χ1) is 26.2. The van der Waals surface area contributed by atoms with Gasteiger partial charge in [0.25, 0.3) is 0 Å². The van der Waals surface area contributed by atoms with Crippen LogP contribution in [0.2, 0.25) is 0 Å². The van der Waals surface area contributed by atoms with E-state index in [0.717, 1.165) is 60.5 Å². The Bertz CT molecular complexity index is 3240. The summed E-state index contributed by atoms with van der Waals surface area (Å²) in [6.07, 6.45) is 0. The lowest BCUT2D eigenvalue weighted by atomic mass is 9.91. The highest BCUT2D eigenvalue weighted by Crippen LogP contribution is 2.41. The number of hydrogen-bond donors (Lipinski definition) is 0. The van der Waals surface area contributed by atoms with Gasteiger partial charge in [0.2, 0.25) is 0 Å². The van der Waals surface area contributed by atoms with Crippen molar-refractivity contribution < 1.29 is 4.42 Å². The molecule has 0 aliphatic carbocycles. The maximum atomic E-state index is 6.16. The fourth-order valence-electron chi connectivity index (χ4n) is 7.95. The van der Waals surface area contributed by atoms with Crippen LogP contribution in [0.4, 0.5) is 0 Å². The fourth-order valence-corrected chi connectivity index (χ4v) is 7.95. The Kier molecular flexibility index (Phi) is 6.52. The molecule has 0 bridgehead atoms. The van der Waals surface area contributed by atoms with Gasteiger partial charge in [-0.2, -0.15) is 0 Å². The average molecular weight is 676 g/mol.